The molecule has 0 saturated carbocycles. The minimum Gasteiger partial charge on any atom is -0.491 e. The first-order chi connectivity index (χ1) is 10.7. The van der Waals surface area contributed by atoms with E-state index in [9.17, 15) is 8.78 Å². The molecular formula is C15H14F2N4O. The molecule has 0 amide bonds. The fraction of sp³-hybridized carbons (Fsp3) is 0.200. The van der Waals surface area contributed by atoms with Crippen molar-refractivity contribution in [2.24, 2.45) is 0 Å². The van der Waals surface area contributed by atoms with Gasteiger partial charge in [-0.1, -0.05) is 0 Å². The molecule has 1 aromatic carbocycles. The van der Waals surface area contributed by atoms with Crippen LogP contribution in [0.15, 0.2) is 43.2 Å². The van der Waals surface area contributed by atoms with Gasteiger partial charge < -0.3 is 13.9 Å². The van der Waals surface area contributed by atoms with Crippen LogP contribution in [0.3, 0.4) is 0 Å². The molecule has 0 saturated heterocycles. The molecule has 22 heavy (non-hydrogen) atoms. The van der Waals surface area contributed by atoms with Gasteiger partial charge in [-0.15, -0.1) is 0 Å². The third-order valence-corrected chi connectivity index (χ3v) is 3.33. The van der Waals surface area contributed by atoms with E-state index >= 15 is 0 Å². The Morgan fingerprint density at radius 1 is 1.09 bits per heavy atom. The number of hydrogen-bond donors (Lipinski definition) is 0. The van der Waals surface area contributed by atoms with E-state index in [1.54, 1.807) is 24.9 Å². The topological polar surface area (TPSA) is 44.9 Å². The second-order valence-corrected chi connectivity index (χ2v) is 4.72. The summed E-state index contributed by atoms with van der Waals surface area (Å²) in [6.45, 7) is 1.30. The van der Waals surface area contributed by atoms with E-state index < -0.39 is 11.6 Å². The lowest BCUT2D eigenvalue weighted by Gasteiger charge is -2.10. The van der Waals surface area contributed by atoms with Crippen LogP contribution in [0.4, 0.5) is 8.78 Å². The number of imidazole rings is 2. The molecule has 0 aliphatic rings. The van der Waals surface area contributed by atoms with Crippen LogP contribution in [0.25, 0.3) is 11.4 Å². The summed E-state index contributed by atoms with van der Waals surface area (Å²) < 4.78 is 36.1. The highest BCUT2D eigenvalue weighted by Crippen LogP contribution is 2.28. The predicted octanol–water partition coefficient (Wildman–Crippen LogP) is 2.73. The van der Waals surface area contributed by atoms with E-state index in [-0.39, 0.29) is 5.75 Å². The lowest BCUT2D eigenvalue weighted by atomic mass is 10.2. The van der Waals surface area contributed by atoms with Crippen LogP contribution >= 0.6 is 0 Å². The number of benzene rings is 1. The standard InChI is InChI=1S/C15H14F2N4O/c1-22-14-12(16)8-11(9-13(14)17)15-19-3-5-21(15)7-6-20-4-2-18-10-20/h2-5,8-10H,6-7H2,1H3. The van der Waals surface area contributed by atoms with E-state index in [2.05, 4.69) is 14.7 Å². The van der Waals surface area contributed by atoms with E-state index in [0.717, 1.165) is 0 Å². The number of methoxy groups -OCH3 is 1. The Labute approximate surface area is 125 Å². The van der Waals surface area contributed by atoms with Gasteiger partial charge in [0.25, 0.3) is 0 Å². The number of aromatic nitrogens is 4. The SMILES string of the molecule is COc1c(F)cc(-c2nccn2CCn2ccnc2)cc1F. The molecular weight excluding hydrogens is 290 g/mol. The highest BCUT2D eigenvalue weighted by molar-refractivity contribution is 5.57. The van der Waals surface area contributed by atoms with Crippen LogP contribution in [-0.2, 0) is 13.1 Å². The predicted molar refractivity (Wildman–Crippen MR) is 76.4 cm³/mol. The summed E-state index contributed by atoms with van der Waals surface area (Å²) >= 11 is 0. The first-order valence-electron chi connectivity index (χ1n) is 6.69. The molecule has 0 aliphatic heterocycles. The van der Waals surface area contributed by atoms with Gasteiger partial charge in [0.15, 0.2) is 17.4 Å². The quantitative estimate of drug-likeness (QED) is 0.728. The molecule has 0 fully saturated rings. The zero-order valence-electron chi connectivity index (χ0n) is 11.9. The molecule has 0 bridgehead atoms. The Bertz CT molecular complexity index is 745. The molecule has 5 nitrogen and oxygen atoms in total. The van der Waals surface area contributed by atoms with Gasteiger partial charge >= 0.3 is 0 Å². The molecule has 2 aromatic heterocycles. The summed E-state index contributed by atoms with van der Waals surface area (Å²) in [5.74, 6) is -1.39. The Balaban J connectivity index is 1.88. The van der Waals surface area contributed by atoms with Crippen LogP contribution < -0.4 is 4.74 Å². The van der Waals surface area contributed by atoms with Crippen molar-refractivity contribution in [3.8, 4) is 17.1 Å². The summed E-state index contributed by atoms with van der Waals surface area (Å²) in [6.07, 6.45) is 8.63. The van der Waals surface area contributed by atoms with Gasteiger partial charge in [0.1, 0.15) is 5.82 Å². The van der Waals surface area contributed by atoms with Crippen LogP contribution in [0, 0.1) is 11.6 Å². The Morgan fingerprint density at radius 3 is 2.50 bits per heavy atom. The van der Waals surface area contributed by atoms with Crippen molar-refractivity contribution in [2.45, 2.75) is 13.1 Å². The van der Waals surface area contributed by atoms with Crippen molar-refractivity contribution >= 4 is 0 Å². The third kappa shape index (κ3) is 2.69. The van der Waals surface area contributed by atoms with Gasteiger partial charge in [-0.3, -0.25) is 0 Å². The van der Waals surface area contributed by atoms with E-state index in [0.29, 0.717) is 24.5 Å². The van der Waals surface area contributed by atoms with Gasteiger partial charge in [-0.2, -0.15) is 0 Å². The minimum atomic E-state index is -0.748. The highest BCUT2D eigenvalue weighted by Gasteiger charge is 2.15. The molecule has 0 atom stereocenters. The van der Waals surface area contributed by atoms with Crippen molar-refractivity contribution in [1.82, 2.24) is 19.1 Å². The second kappa shape index (κ2) is 5.97. The fourth-order valence-electron chi connectivity index (χ4n) is 2.28. The third-order valence-electron chi connectivity index (χ3n) is 3.33. The molecule has 0 radical (unpaired) electrons. The van der Waals surface area contributed by atoms with Gasteiger partial charge in [0.05, 0.1) is 13.4 Å². The second-order valence-electron chi connectivity index (χ2n) is 4.72. The summed E-state index contributed by atoms with van der Waals surface area (Å²) in [6, 6.07) is 2.44. The number of rotatable bonds is 5. The van der Waals surface area contributed by atoms with E-state index in [4.69, 9.17) is 0 Å². The first-order valence-corrected chi connectivity index (χ1v) is 6.69. The molecule has 0 spiro atoms. The number of hydrogen-bond acceptors (Lipinski definition) is 3. The molecule has 3 rings (SSSR count). The van der Waals surface area contributed by atoms with Crippen molar-refractivity contribution in [1.29, 1.82) is 0 Å². The molecule has 114 valence electrons. The Kier molecular flexibility index (Phi) is 3.86. The summed E-state index contributed by atoms with van der Waals surface area (Å²) in [4.78, 5) is 8.16. The van der Waals surface area contributed by atoms with Crippen LogP contribution in [0.5, 0.6) is 5.75 Å². The lowest BCUT2D eigenvalue weighted by Crippen LogP contribution is -2.07. The molecule has 0 unspecified atom stereocenters. The number of halogens is 2. The minimum absolute atomic E-state index is 0.367. The van der Waals surface area contributed by atoms with Crippen molar-refractivity contribution in [3.05, 3.63) is 54.9 Å². The average molecular weight is 304 g/mol. The van der Waals surface area contributed by atoms with Gasteiger partial charge in [0, 0.05) is 43.4 Å². The maximum absolute atomic E-state index is 13.8. The van der Waals surface area contributed by atoms with Crippen molar-refractivity contribution < 1.29 is 13.5 Å². The lowest BCUT2D eigenvalue weighted by molar-refractivity contribution is 0.360. The summed E-state index contributed by atoms with van der Waals surface area (Å²) in [5.41, 5.74) is 0.367. The zero-order chi connectivity index (χ0) is 15.5. The van der Waals surface area contributed by atoms with Crippen LogP contribution in [0.1, 0.15) is 0 Å². The number of nitrogens with zero attached hydrogens (tertiary/aromatic N) is 4. The van der Waals surface area contributed by atoms with E-state index in [1.807, 2.05) is 15.3 Å². The first kappa shape index (κ1) is 14.2. The maximum Gasteiger partial charge on any atom is 0.190 e. The summed E-state index contributed by atoms with van der Waals surface area (Å²) in [7, 11) is 1.23. The fourth-order valence-corrected chi connectivity index (χ4v) is 2.28. The van der Waals surface area contributed by atoms with E-state index in [1.165, 1.54) is 19.2 Å². The number of ether oxygens (including phenoxy) is 1. The molecule has 3 aromatic rings. The summed E-state index contributed by atoms with van der Waals surface area (Å²) in [5, 5.41) is 0. The molecule has 2 heterocycles. The Morgan fingerprint density at radius 2 is 1.86 bits per heavy atom. The largest absolute Gasteiger partial charge is 0.491 e. The molecule has 0 N–H and O–H groups in total. The van der Waals surface area contributed by atoms with Gasteiger partial charge in [-0.05, 0) is 12.1 Å². The zero-order valence-corrected chi connectivity index (χ0v) is 11.9. The van der Waals surface area contributed by atoms with Crippen molar-refractivity contribution in [2.75, 3.05) is 7.11 Å². The van der Waals surface area contributed by atoms with Crippen LogP contribution in [-0.4, -0.2) is 26.2 Å². The monoisotopic (exact) mass is 304 g/mol. The van der Waals surface area contributed by atoms with Crippen LogP contribution in [0.2, 0.25) is 0 Å². The smallest absolute Gasteiger partial charge is 0.190 e. The number of aryl methyl sites for hydroxylation is 2. The maximum atomic E-state index is 13.8. The van der Waals surface area contributed by atoms with Gasteiger partial charge in [-0.25, -0.2) is 18.7 Å². The molecule has 0 aliphatic carbocycles. The normalized spacial score (nSPS) is 10.9. The highest BCUT2D eigenvalue weighted by atomic mass is 19.1. The van der Waals surface area contributed by atoms with Crippen molar-refractivity contribution in [3.63, 3.8) is 0 Å². The van der Waals surface area contributed by atoms with Gasteiger partial charge in [0.2, 0.25) is 0 Å². The molecule has 7 heteroatoms. The average Bonchev–Trinajstić information content (AvgIpc) is 3.16. The Hall–Kier alpha value is -2.70.